The van der Waals surface area contributed by atoms with Crippen LogP contribution in [0, 0.1) is 11.8 Å². The van der Waals surface area contributed by atoms with Gasteiger partial charge in [-0.05, 0) is 75.9 Å². The Bertz CT molecular complexity index is 1330. The predicted molar refractivity (Wildman–Crippen MR) is 164 cm³/mol. The SMILES string of the molecule is CN(C)CCNc1ccc(-c2cc(C(=O)NCC3CCC(CNC(=O)O[C@H]4CCOC4)CC3)c3ccccc3n2)cn1. The summed E-state index contributed by atoms with van der Waals surface area (Å²) in [5, 5.41) is 10.3. The van der Waals surface area contributed by atoms with Gasteiger partial charge in [0.2, 0.25) is 0 Å². The number of pyridine rings is 2. The summed E-state index contributed by atoms with van der Waals surface area (Å²) in [6.07, 6.45) is 6.14. The van der Waals surface area contributed by atoms with Gasteiger partial charge in [-0.25, -0.2) is 14.8 Å². The first-order valence-corrected chi connectivity index (χ1v) is 15.0. The standard InChI is InChI=1S/C32H42N6O4/c1-38(2)15-14-33-30-12-11-24(20-34-30)29-17-27(26-5-3-4-6-28(26)37-29)31(39)35-18-22-7-9-23(10-8-22)19-36-32(40)42-25-13-16-41-21-25/h3-6,11-12,17,20,22-23,25H,7-10,13-16,18-19,21H2,1-2H3,(H,33,34)(H,35,39)(H,36,40)/t22?,23?,25-/m0/s1. The average Bonchev–Trinajstić information content (AvgIpc) is 3.52. The molecule has 1 aromatic carbocycles. The van der Waals surface area contributed by atoms with Crippen LogP contribution in [-0.4, -0.2) is 86.5 Å². The molecule has 10 heteroatoms. The van der Waals surface area contributed by atoms with Gasteiger partial charge in [0.15, 0.2) is 0 Å². The number of hydrogen-bond acceptors (Lipinski definition) is 8. The molecule has 3 N–H and O–H groups in total. The topological polar surface area (TPSA) is 118 Å². The fraction of sp³-hybridized carbons (Fsp3) is 0.500. The highest BCUT2D eigenvalue weighted by atomic mass is 16.6. The second kappa shape index (κ2) is 14.4. The van der Waals surface area contributed by atoms with Crippen molar-refractivity contribution in [2.75, 3.05) is 58.8 Å². The maximum Gasteiger partial charge on any atom is 0.407 e. The first kappa shape index (κ1) is 29.7. The fourth-order valence-corrected chi connectivity index (χ4v) is 5.57. The maximum absolute atomic E-state index is 13.5. The molecule has 1 aliphatic heterocycles. The van der Waals surface area contributed by atoms with Crippen molar-refractivity contribution in [3.63, 3.8) is 0 Å². The third-order valence-electron chi connectivity index (χ3n) is 8.10. The van der Waals surface area contributed by atoms with Crippen molar-refractivity contribution < 1.29 is 19.1 Å². The summed E-state index contributed by atoms with van der Waals surface area (Å²) in [5.41, 5.74) is 2.98. The molecule has 2 aromatic heterocycles. The number of para-hydroxylation sites is 1. The summed E-state index contributed by atoms with van der Waals surface area (Å²) in [6, 6.07) is 13.6. The molecule has 2 aliphatic rings. The number of nitrogens with one attached hydrogen (secondary N) is 3. The lowest BCUT2D eigenvalue weighted by Gasteiger charge is -2.28. The second-order valence-corrected chi connectivity index (χ2v) is 11.6. The zero-order chi connectivity index (χ0) is 29.3. The quantitative estimate of drug-likeness (QED) is 0.310. The van der Waals surface area contributed by atoms with E-state index < -0.39 is 0 Å². The molecule has 3 heterocycles. The van der Waals surface area contributed by atoms with E-state index in [0.29, 0.717) is 43.7 Å². The zero-order valence-electron chi connectivity index (χ0n) is 24.6. The van der Waals surface area contributed by atoms with Gasteiger partial charge in [0, 0.05) is 49.7 Å². The maximum atomic E-state index is 13.5. The molecular weight excluding hydrogens is 532 g/mol. The van der Waals surface area contributed by atoms with Crippen LogP contribution < -0.4 is 16.0 Å². The summed E-state index contributed by atoms with van der Waals surface area (Å²) >= 11 is 0. The van der Waals surface area contributed by atoms with Crippen LogP contribution in [0.1, 0.15) is 42.5 Å². The number of nitrogens with zero attached hydrogens (tertiary/aromatic N) is 3. The Balaban J connectivity index is 1.14. The second-order valence-electron chi connectivity index (χ2n) is 11.6. The van der Waals surface area contributed by atoms with Crippen molar-refractivity contribution in [1.82, 2.24) is 25.5 Å². The molecule has 0 spiro atoms. The van der Waals surface area contributed by atoms with Crippen LogP contribution >= 0.6 is 0 Å². The number of carbonyl (C=O) groups is 2. The number of carbonyl (C=O) groups excluding carboxylic acids is 2. The molecular formula is C32H42N6O4. The van der Waals surface area contributed by atoms with E-state index in [9.17, 15) is 9.59 Å². The fourth-order valence-electron chi connectivity index (χ4n) is 5.57. The van der Waals surface area contributed by atoms with Crippen molar-refractivity contribution in [2.24, 2.45) is 11.8 Å². The van der Waals surface area contributed by atoms with E-state index in [0.717, 1.165) is 73.2 Å². The summed E-state index contributed by atoms with van der Waals surface area (Å²) < 4.78 is 10.6. The Labute approximate surface area is 247 Å². The number of benzene rings is 1. The van der Waals surface area contributed by atoms with Gasteiger partial charge in [0.25, 0.3) is 5.91 Å². The van der Waals surface area contributed by atoms with Gasteiger partial charge in [-0.3, -0.25) is 4.79 Å². The van der Waals surface area contributed by atoms with Crippen molar-refractivity contribution in [3.05, 3.63) is 54.2 Å². The van der Waals surface area contributed by atoms with Gasteiger partial charge in [0.1, 0.15) is 11.9 Å². The van der Waals surface area contributed by atoms with Gasteiger partial charge in [-0.15, -0.1) is 0 Å². The lowest BCUT2D eigenvalue weighted by atomic mass is 9.82. The summed E-state index contributed by atoms with van der Waals surface area (Å²) in [4.78, 5) is 37.0. The predicted octanol–water partition coefficient (Wildman–Crippen LogP) is 4.32. The summed E-state index contributed by atoms with van der Waals surface area (Å²) in [5.74, 6) is 1.56. The molecule has 1 atom stereocenters. The van der Waals surface area contributed by atoms with E-state index in [1.807, 2.05) is 56.6 Å². The molecule has 2 amide bonds. The van der Waals surface area contributed by atoms with Crippen LogP contribution in [0.15, 0.2) is 48.7 Å². The molecule has 1 saturated heterocycles. The number of likely N-dealkylation sites (N-methyl/N-ethyl adjacent to an activating group) is 1. The molecule has 2 fully saturated rings. The van der Waals surface area contributed by atoms with Gasteiger partial charge in [-0.2, -0.15) is 0 Å². The Morgan fingerprint density at radius 2 is 1.76 bits per heavy atom. The Morgan fingerprint density at radius 3 is 2.45 bits per heavy atom. The molecule has 0 radical (unpaired) electrons. The number of rotatable bonds is 11. The smallest absolute Gasteiger partial charge is 0.407 e. The van der Waals surface area contributed by atoms with E-state index in [1.54, 1.807) is 6.20 Å². The molecule has 42 heavy (non-hydrogen) atoms. The minimum atomic E-state index is -0.354. The molecule has 3 aromatic rings. The van der Waals surface area contributed by atoms with E-state index in [4.69, 9.17) is 14.5 Å². The van der Waals surface area contributed by atoms with Crippen molar-refractivity contribution in [3.8, 4) is 11.3 Å². The highest BCUT2D eigenvalue weighted by Crippen LogP contribution is 2.29. The molecule has 1 aliphatic carbocycles. The van der Waals surface area contributed by atoms with E-state index in [1.165, 1.54) is 0 Å². The number of ether oxygens (including phenoxy) is 2. The Kier molecular flexibility index (Phi) is 10.2. The van der Waals surface area contributed by atoms with Crippen LogP contribution in [0.4, 0.5) is 10.6 Å². The first-order chi connectivity index (χ1) is 20.4. The van der Waals surface area contributed by atoms with Gasteiger partial charge < -0.3 is 30.3 Å². The molecule has 1 saturated carbocycles. The highest BCUT2D eigenvalue weighted by Gasteiger charge is 2.24. The summed E-state index contributed by atoms with van der Waals surface area (Å²) in [6.45, 7) is 4.11. The lowest BCUT2D eigenvalue weighted by molar-refractivity contribution is 0.0813. The van der Waals surface area contributed by atoms with Crippen LogP contribution in [0.2, 0.25) is 0 Å². The van der Waals surface area contributed by atoms with Gasteiger partial charge in [-0.1, -0.05) is 18.2 Å². The summed E-state index contributed by atoms with van der Waals surface area (Å²) in [7, 11) is 4.08. The van der Waals surface area contributed by atoms with E-state index in [2.05, 4.69) is 25.8 Å². The first-order valence-electron chi connectivity index (χ1n) is 15.0. The number of fused-ring (bicyclic) bond motifs is 1. The molecule has 10 nitrogen and oxygen atoms in total. The number of hydrogen-bond donors (Lipinski definition) is 3. The normalized spacial score (nSPS) is 20.4. The zero-order valence-corrected chi connectivity index (χ0v) is 24.6. The van der Waals surface area contributed by atoms with Gasteiger partial charge in [0.05, 0.1) is 30.0 Å². The van der Waals surface area contributed by atoms with E-state index in [-0.39, 0.29) is 18.1 Å². The van der Waals surface area contributed by atoms with Crippen molar-refractivity contribution in [1.29, 1.82) is 0 Å². The number of amides is 2. The number of anilines is 1. The average molecular weight is 575 g/mol. The Hall–Kier alpha value is -3.76. The number of aromatic nitrogens is 2. The van der Waals surface area contributed by atoms with Gasteiger partial charge >= 0.3 is 6.09 Å². The molecule has 0 bridgehead atoms. The third kappa shape index (κ3) is 8.17. The molecule has 224 valence electrons. The van der Waals surface area contributed by atoms with Crippen molar-refractivity contribution >= 4 is 28.7 Å². The monoisotopic (exact) mass is 574 g/mol. The Morgan fingerprint density at radius 1 is 1.00 bits per heavy atom. The third-order valence-corrected chi connectivity index (χ3v) is 8.10. The van der Waals surface area contributed by atoms with E-state index >= 15 is 0 Å². The minimum absolute atomic E-state index is 0.0905. The van der Waals surface area contributed by atoms with Crippen LogP contribution in [0.25, 0.3) is 22.2 Å². The molecule has 0 unspecified atom stereocenters. The minimum Gasteiger partial charge on any atom is -0.444 e. The van der Waals surface area contributed by atoms with Crippen molar-refractivity contribution in [2.45, 2.75) is 38.2 Å². The van der Waals surface area contributed by atoms with Crippen LogP contribution in [0.3, 0.4) is 0 Å². The van der Waals surface area contributed by atoms with Crippen LogP contribution in [0.5, 0.6) is 0 Å². The highest BCUT2D eigenvalue weighted by molar-refractivity contribution is 6.07. The molecule has 5 rings (SSSR count). The lowest BCUT2D eigenvalue weighted by Crippen LogP contribution is -2.36. The number of alkyl carbamates (subject to hydrolysis) is 1. The largest absolute Gasteiger partial charge is 0.444 e. The van der Waals surface area contributed by atoms with Crippen LogP contribution in [-0.2, 0) is 9.47 Å².